The lowest BCUT2D eigenvalue weighted by atomic mass is 9.95. The van der Waals surface area contributed by atoms with Crippen molar-refractivity contribution in [3.63, 3.8) is 0 Å². The Labute approximate surface area is 127 Å². The molecule has 1 amide bonds. The molecule has 0 aliphatic carbocycles. The second-order valence-electron chi connectivity index (χ2n) is 6.21. The van der Waals surface area contributed by atoms with Crippen molar-refractivity contribution >= 4 is 5.91 Å². The van der Waals surface area contributed by atoms with Crippen molar-refractivity contribution < 1.29 is 18.0 Å². The van der Waals surface area contributed by atoms with Gasteiger partial charge in [0.2, 0.25) is 0 Å². The Hall–Kier alpha value is -1.56. The zero-order valence-corrected chi connectivity index (χ0v) is 12.3. The van der Waals surface area contributed by atoms with Crippen molar-refractivity contribution in [2.45, 2.75) is 37.5 Å². The van der Waals surface area contributed by atoms with Gasteiger partial charge in [-0.15, -0.1) is 0 Å². The molecule has 1 aromatic rings. The van der Waals surface area contributed by atoms with Crippen LogP contribution in [0.25, 0.3) is 0 Å². The summed E-state index contributed by atoms with van der Waals surface area (Å²) in [5, 5.41) is 0. The minimum atomic E-state index is -4.77. The molecular weight excluding hydrogens is 293 g/mol. The molecule has 0 bridgehead atoms. The lowest BCUT2D eigenvalue weighted by molar-refractivity contribution is -0.184. The Kier molecular flexibility index (Phi) is 3.89. The summed E-state index contributed by atoms with van der Waals surface area (Å²) in [4.78, 5) is 14.7. The van der Waals surface area contributed by atoms with Gasteiger partial charge in [0.1, 0.15) is 0 Å². The van der Waals surface area contributed by atoms with Gasteiger partial charge in [-0.1, -0.05) is 30.3 Å². The molecule has 6 heteroatoms. The summed E-state index contributed by atoms with van der Waals surface area (Å²) >= 11 is 0. The van der Waals surface area contributed by atoms with Gasteiger partial charge in [-0.25, -0.2) is 0 Å². The number of nitrogens with zero attached hydrogens (tertiary/aromatic N) is 2. The molecule has 1 atom stereocenters. The van der Waals surface area contributed by atoms with Gasteiger partial charge in [0.15, 0.2) is 0 Å². The number of likely N-dealkylation sites (tertiary alicyclic amines) is 2. The van der Waals surface area contributed by atoms with Crippen LogP contribution in [-0.4, -0.2) is 47.1 Å². The first-order chi connectivity index (χ1) is 10.4. The Morgan fingerprint density at radius 3 is 2.55 bits per heavy atom. The number of benzene rings is 1. The first kappa shape index (κ1) is 15.3. The fourth-order valence-corrected chi connectivity index (χ4v) is 3.72. The molecule has 2 aliphatic rings. The van der Waals surface area contributed by atoms with E-state index in [1.165, 1.54) is 0 Å². The van der Waals surface area contributed by atoms with E-state index in [1.807, 2.05) is 30.3 Å². The monoisotopic (exact) mass is 312 g/mol. The zero-order valence-electron chi connectivity index (χ0n) is 12.3. The number of rotatable bonds is 2. The van der Waals surface area contributed by atoms with Gasteiger partial charge in [0.25, 0.3) is 0 Å². The number of amides is 1. The average molecular weight is 312 g/mol. The molecular formula is C16H19F3N2O. The van der Waals surface area contributed by atoms with Gasteiger partial charge in [-0.2, -0.15) is 13.2 Å². The molecule has 2 aliphatic heterocycles. The molecule has 22 heavy (non-hydrogen) atoms. The van der Waals surface area contributed by atoms with Crippen LogP contribution < -0.4 is 0 Å². The highest BCUT2D eigenvalue weighted by molar-refractivity contribution is 5.82. The molecule has 3 rings (SSSR count). The third-order valence-corrected chi connectivity index (χ3v) is 4.82. The molecule has 0 aromatic heterocycles. The molecule has 2 heterocycles. The first-order valence-corrected chi connectivity index (χ1v) is 7.56. The maximum absolute atomic E-state index is 12.6. The Morgan fingerprint density at radius 1 is 1.14 bits per heavy atom. The second kappa shape index (κ2) is 5.57. The van der Waals surface area contributed by atoms with E-state index in [0.717, 1.165) is 36.4 Å². The maximum atomic E-state index is 12.6. The third-order valence-electron chi connectivity index (χ3n) is 4.82. The average Bonchev–Trinajstić information content (AvgIpc) is 3.07. The van der Waals surface area contributed by atoms with Gasteiger partial charge in [0.05, 0.1) is 0 Å². The molecule has 1 aromatic carbocycles. The summed E-state index contributed by atoms with van der Waals surface area (Å²) in [6.45, 7) is 2.00. The number of hydrogen-bond donors (Lipinski definition) is 0. The molecule has 0 saturated carbocycles. The lowest BCUT2D eigenvalue weighted by Crippen LogP contribution is -2.48. The van der Waals surface area contributed by atoms with Gasteiger partial charge in [-0.3, -0.25) is 9.69 Å². The number of carbonyl (C=O) groups is 1. The first-order valence-electron chi connectivity index (χ1n) is 7.56. The highest BCUT2D eigenvalue weighted by Crippen LogP contribution is 2.39. The molecule has 2 saturated heterocycles. The quantitative estimate of drug-likeness (QED) is 0.838. The summed E-state index contributed by atoms with van der Waals surface area (Å²) in [6, 6.07) is 9.93. The highest BCUT2D eigenvalue weighted by Gasteiger charge is 2.51. The molecule has 2 fully saturated rings. The van der Waals surface area contributed by atoms with Crippen LogP contribution >= 0.6 is 0 Å². The van der Waals surface area contributed by atoms with E-state index in [4.69, 9.17) is 0 Å². The van der Waals surface area contributed by atoms with E-state index in [2.05, 4.69) is 4.90 Å². The summed E-state index contributed by atoms with van der Waals surface area (Å²) in [5.41, 5.74) is 0.876. The Bertz CT molecular complexity index is 546. The Morgan fingerprint density at radius 2 is 1.86 bits per heavy atom. The van der Waals surface area contributed by atoms with Crippen molar-refractivity contribution in [2.75, 3.05) is 19.6 Å². The van der Waals surface area contributed by atoms with Crippen LogP contribution in [-0.2, 0) is 11.3 Å². The summed E-state index contributed by atoms with van der Waals surface area (Å²) in [6.07, 6.45) is -2.31. The standard InChI is InChI=1S/C16H19F3N2O/c17-16(18,19)14(22)20-10-8-15(12-20)7-4-9-21(15)11-13-5-2-1-3-6-13/h1-3,5-6H,4,7-12H2. The van der Waals surface area contributed by atoms with Gasteiger partial charge < -0.3 is 4.90 Å². The van der Waals surface area contributed by atoms with Crippen molar-refractivity contribution in [1.82, 2.24) is 9.80 Å². The SMILES string of the molecule is O=C(N1CCC2(CCCN2Cc2ccccc2)C1)C(F)(F)F. The van der Waals surface area contributed by atoms with Crippen LogP contribution in [0.15, 0.2) is 30.3 Å². The minimum absolute atomic E-state index is 0.193. The van der Waals surface area contributed by atoms with E-state index in [0.29, 0.717) is 6.42 Å². The van der Waals surface area contributed by atoms with E-state index in [-0.39, 0.29) is 18.6 Å². The topological polar surface area (TPSA) is 23.6 Å². The highest BCUT2D eigenvalue weighted by atomic mass is 19.4. The number of alkyl halides is 3. The smallest absolute Gasteiger partial charge is 0.333 e. The third kappa shape index (κ3) is 2.84. The maximum Gasteiger partial charge on any atom is 0.471 e. The normalized spacial score (nSPS) is 26.0. The predicted molar refractivity (Wildman–Crippen MR) is 76.1 cm³/mol. The van der Waals surface area contributed by atoms with Crippen LogP contribution in [0.3, 0.4) is 0 Å². The number of halogens is 3. The van der Waals surface area contributed by atoms with Crippen molar-refractivity contribution in [1.29, 1.82) is 0 Å². The summed E-state index contributed by atoms with van der Waals surface area (Å²) < 4.78 is 37.8. The van der Waals surface area contributed by atoms with Gasteiger partial charge in [0, 0.05) is 25.2 Å². The number of hydrogen-bond acceptors (Lipinski definition) is 2. The van der Waals surface area contributed by atoms with Crippen LogP contribution in [0.4, 0.5) is 13.2 Å². The molecule has 0 radical (unpaired) electrons. The zero-order chi connectivity index (χ0) is 15.8. The predicted octanol–water partition coefficient (Wildman–Crippen LogP) is 2.82. The molecule has 0 N–H and O–H groups in total. The van der Waals surface area contributed by atoms with Crippen LogP contribution in [0.5, 0.6) is 0 Å². The van der Waals surface area contributed by atoms with Crippen molar-refractivity contribution in [2.24, 2.45) is 0 Å². The minimum Gasteiger partial charge on any atom is -0.333 e. The van der Waals surface area contributed by atoms with Gasteiger partial charge >= 0.3 is 12.1 Å². The fraction of sp³-hybridized carbons (Fsp3) is 0.562. The van der Waals surface area contributed by atoms with Gasteiger partial charge in [-0.05, 0) is 31.4 Å². The van der Waals surface area contributed by atoms with Crippen molar-refractivity contribution in [3.8, 4) is 0 Å². The second-order valence-corrected chi connectivity index (χ2v) is 6.21. The lowest BCUT2D eigenvalue weighted by Gasteiger charge is -2.35. The van der Waals surface area contributed by atoms with E-state index >= 15 is 0 Å². The molecule has 1 unspecified atom stereocenters. The summed E-state index contributed by atoms with van der Waals surface area (Å²) in [5.74, 6) is -1.70. The molecule has 1 spiro atoms. The molecule has 120 valence electrons. The van der Waals surface area contributed by atoms with Crippen LogP contribution in [0, 0.1) is 0 Å². The van der Waals surface area contributed by atoms with Crippen LogP contribution in [0.1, 0.15) is 24.8 Å². The fourth-order valence-electron chi connectivity index (χ4n) is 3.72. The number of carbonyl (C=O) groups excluding carboxylic acids is 1. The Balaban J connectivity index is 1.72. The van der Waals surface area contributed by atoms with Crippen molar-refractivity contribution in [3.05, 3.63) is 35.9 Å². The largest absolute Gasteiger partial charge is 0.471 e. The molecule has 3 nitrogen and oxygen atoms in total. The van der Waals surface area contributed by atoms with E-state index in [1.54, 1.807) is 0 Å². The van der Waals surface area contributed by atoms with Crippen LogP contribution in [0.2, 0.25) is 0 Å². The summed E-state index contributed by atoms with van der Waals surface area (Å²) in [7, 11) is 0. The van der Waals surface area contributed by atoms with E-state index in [9.17, 15) is 18.0 Å². The van der Waals surface area contributed by atoms with E-state index < -0.39 is 12.1 Å².